The minimum atomic E-state index is -0.265. The van der Waals surface area contributed by atoms with Crippen molar-refractivity contribution in [3.05, 3.63) is 71.8 Å². The van der Waals surface area contributed by atoms with E-state index in [2.05, 4.69) is 70.5 Å². The highest BCUT2D eigenvalue weighted by Crippen LogP contribution is 2.23. The summed E-state index contributed by atoms with van der Waals surface area (Å²) in [5.41, 5.74) is 2.66. The summed E-state index contributed by atoms with van der Waals surface area (Å²) < 4.78 is 5.78. The third-order valence-electron chi connectivity index (χ3n) is 6.28. The average molecular weight is 395 g/mol. The number of hydrogen-bond donors (Lipinski definition) is 1. The molecule has 0 aromatic heterocycles. The van der Waals surface area contributed by atoms with Gasteiger partial charge in [0, 0.05) is 45.2 Å². The van der Waals surface area contributed by atoms with Gasteiger partial charge in [0.2, 0.25) is 0 Å². The smallest absolute Gasteiger partial charge is 0.0707 e. The van der Waals surface area contributed by atoms with Crippen LogP contribution in [0, 0.1) is 5.92 Å². The van der Waals surface area contributed by atoms with Crippen molar-refractivity contribution in [1.82, 2.24) is 9.80 Å². The number of aliphatic hydroxyl groups is 1. The topological polar surface area (TPSA) is 35.9 Å². The maximum absolute atomic E-state index is 10.9. The Balaban J connectivity index is 1.36. The molecule has 1 N–H and O–H groups in total. The Morgan fingerprint density at radius 1 is 0.931 bits per heavy atom. The number of piperidine rings is 1. The number of nitrogens with zero attached hydrogens (tertiary/aromatic N) is 2. The number of benzene rings is 2. The Morgan fingerprint density at radius 2 is 1.59 bits per heavy atom. The first-order valence-electron chi connectivity index (χ1n) is 11.1. The largest absolute Gasteiger partial charge is 0.391 e. The first-order valence-corrected chi connectivity index (χ1v) is 11.1. The van der Waals surface area contributed by atoms with Crippen LogP contribution in [-0.4, -0.2) is 59.9 Å². The lowest BCUT2D eigenvalue weighted by Crippen LogP contribution is -2.49. The highest BCUT2D eigenvalue weighted by Gasteiger charge is 2.31. The lowest BCUT2D eigenvalue weighted by atomic mass is 9.92. The summed E-state index contributed by atoms with van der Waals surface area (Å²) in [7, 11) is 0. The molecule has 0 spiro atoms. The highest BCUT2D eigenvalue weighted by atomic mass is 16.5. The van der Waals surface area contributed by atoms with Crippen molar-refractivity contribution >= 4 is 0 Å². The van der Waals surface area contributed by atoms with E-state index in [1.165, 1.54) is 17.5 Å². The summed E-state index contributed by atoms with van der Waals surface area (Å²) in [6.45, 7) is 6.47. The Hall–Kier alpha value is -1.72. The minimum absolute atomic E-state index is 0.265. The second-order valence-electron chi connectivity index (χ2n) is 8.65. The van der Waals surface area contributed by atoms with Crippen LogP contribution in [0.1, 0.15) is 30.4 Å². The second-order valence-corrected chi connectivity index (χ2v) is 8.65. The van der Waals surface area contributed by atoms with E-state index in [9.17, 15) is 5.11 Å². The SMILES string of the molecule is OC1CN(CC2CCCO2)CC[C@H]1CN(Cc1ccccc1)Cc1ccccc1. The zero-order valence-electron chi connectivity index (χ0n) is 17.3. The van der Waals surface area contributed by atoms with Gasteiger partial charge in [-0.2, -0.15) is 0 Å². The van der Waals surface area contributed by atoms with Crippen molar-refractivity contribution in [3.8, 4) is 0 Å². The van der Waals surface area contributed by atoms with Crippen LogP contribution in [0.4, 0.5) is 0 Å². The molecule has 29 heavy (non-hydrogen) atoms. The van der Waals surface area contributed by atoms with Crippen LogP contribution in [-0.2, 0) is 17.8 Å². The van der Waals surface area contributed by atoms with E-state index in [0.717, 1.165) is 58.7 Å². The van der Waals surface area contributed by atoms with Crippen molar-refractivity contribution in [2.75, 3.05) is 32.8 Å². The van der Waals surface area contributed by atoms with E-state index in [1.54, 1.807) is 0 Å². The normalized spacial score (nSPS) is 25.5. The Morgan fingerprint density at radius 3 is 2.14 bits per heavy atom. The molecule has 0 radical (unpaired) electrons. The molecule has 2 aliphatic heterocycles. The molecule has 156 valence electrons. The van der Waals surface area contributed by atoms with E-state index in [4.69, 9.17) is 4.74 Å². The van der Waals surface area contributed by atoms with Gasteiger partial charge in [-0.25, -0.2) is 0 Å². The van der Waals surface area contributed by atoms with Crippen molar-refractivity contribution in [1.29, 1.82) is 0 Å². The lowest BCUT2D eigenvalue weighted by Gasteiger charge is -2.39. The average Bonchev–Trinajstić information content (AvgIpc) is 3.24. The summed E-state index contributed by atoms with van der Waals surface area (Å²) >= 11 is 0. The van der Waals surface area contributed by atoms with Crippen LogP contribution in [0.3, 0.4) is 0 Å². The molecule has 0 saturated carbocycles. The third-order valence-corrected chi connectivity index (χ3v) is 6.28. The molecular formula is C25H34N2O2. The Bertz CT molecular complexity index is 677. The Kier molecular flexibility index (Phi) is 7.33. The van der Waals surface area contributed by atoms with Gasteiger partial charge < -0.3 is 9.84 Å². The summed E-state index contributed by atoms with van der Waals surface area (Å²) in [5, 5.41) is 10.9. The fourth-order valence-corrected chi connectivity index (χ4v) is 4.70. The molecule has 2 unspecified atom stereocenters. The predicted molar refractivity (Wildman–Crippen MR) is 117 cm³/mol. The van der Waals surface area contributed by atoms with E-state index >= 15 is 0 Å². The summed E-state index contributed by atoms with van der Waals surface area (Å²) in [6.07, 6.45) is 3.49. The van der Waals surface area contributed by atoms with Crippen molar-refractivity contribution in [2.24, 2.45) is 5.92 Å². The van der Waals surface area contributed by atoms with Gasteiger partial charge in [0.1, 0.15) is 0 Å². The number of likely N-dealkylation sites (tertiary alicyclic amines) is 1. The monoisotopic (exact) mass is 394 g/mol. The molecule has 3 atom stereocenters. The third kappa shape index (κ3) is 6.13. The zero-order chi connectivity index (χ0) is 19.9. The molecule has 2 saturated heterocycles. The molecule has 2 heterocycles. The maximum atomic E-state index is 10.9. The Labute approximate surface area is 175 Å². The molecule has 4 heteroatoms. The molecule has 2 aromatic carbocycles. The first kappa shape index (κ1) is 20.5. The molecule has 4 nitrogen and oxygen atoms in total. The van der Waals surface area contributed by atoms with Crippen molar-refractivity contribution in [3.63, 3.8) is 0 Å². The van der Waals surface area contributed by atoms with E-state index < -0.39 is 0 Å². The van der Waals surface area contributed by atoms with E-state index in [-0.39, 0.29) is 6.10 Å². The van der Waals surface area contributed by atoms with Crippen molar-refractivity contribution in [2.45, 2.75) is 44.6 Å². The van der Waals surface area contributed by atoms with Gasteiger partial charge in [-0.1, -0.05) is 60.7 Å². The van der Waals surface area contributed by atoms with Crippen molar-refractivity contribution < 1.29 is 9.84 Å². The van der Waals surface area contributed by atoms with Gasteiger partial charge in [-0.3, -0.25) is 9.80 Å². The zero-order valence-corrected chi connectivity index (χ0v) is 17.3. The number of rotatable bonds is 8. The van der Waals surface area contributed by atoms with Crippen LogP contribution in [0.5, 0.6) is 0 Å². The van der Waals surface area contributed by atoms with Crippen LogP contribution in [0.15, 0.2) is 60.7 Å². The van der Waals surface area contributed by atoms with Gasteiger partial charge in [0.25, 0.3) is 0 Å². The standard InChI is InChI=1S/C25H34N2O2/c28-25-20-26(19-24-12-7-15-29-24)14-13-23(25)18-27(16-21-8-3-1-4-9-21)17-22-10-5-2-6-11-22/h1-6,8-11,23-25,28H,7,12-20H2/t23-,24?,25?/m0/s1. The lowest BCUT2D eigenvalue weighted by molar-refractivity contribution is -0.0144. The van der Waals surface area contributed by atoms with Crippen LogP contribution in [0.2, 0.25) is 0 Å². The molecular weight excluding hydrogens is 360 g/mol. The number of hydrogen-bond acceptors (Lipinski definition) is 4. The van der Waals surface area contributed by atoms with Gasteiger partial charge in [0.05, 0.1) is 12.2 Å². The van der Waals surface area contributed by atoms with Gasteiger partial charge in [-0.05, 0) is 36.9 Å². The molecule has 2 aromatic rings. The van der Waals surface area contributed by atoms with Crippen LogP contribution >= 0.6 is 0 Å². The molecule has 0 bridgehead atoms. The minimum Gasteiger partial charge on any atom is -0.391 e. The first-order chi connectivity index (χ1) is 14.3. The predicted octanol–water partition coefficient (Wildman–Crippen LogP) is 3.55. The highest BCUT2D eigenvalue weighted by molar-refractivity contribution is 5.17. The van der Waals surface area contributed by atoms with E-state index in [0.29, 0.717) is 12.0 Å². The quantitative estimate of drug-likeness (QED) is 0.743. The molecule has 4 rings (SSSR count). The van der Waals surface area contributed by atoms with Crippen LogP contribution < -0.4 is 0 Å². The van der Waals surface area contributed by atoms with Gasteiger partial charge in [-0.15, -0.1) is 0 Å². The number of β-amino-alcohol motifs (C(OH)–C–C–N with tert-alkyl or cyclic N) is 1. The van der Waals surface area contributed by atoms with Crippen LogP contribution in [0.25, 0.3) is 0 Å². The number of aliphatic hydroxyl groups excluding tert-OH is 1. The summed E-state index contributed by atoms with van der Waals surface area (Å²) in [4.78, 5) is 4.89. The molecule has 2 fully saturated rings. The van der Waals surface area contributed by atoms with Gasteiger partial charge in [0.15, 0.2) is 0 Å². The summed E-state index contributed by atoms with van der Waals surface area (Å²) in [5.74, 6) is 0.322. The number of ether oxygens (including phenoxy) is 1. The fourth-order valence-electron chi connectivity index (χ4n) is 4.70. The summed E-state index contributed by atoms with van der Waals surface area (Å²) in [6, 6.07) is 21.3. The maximum Gasteiger partial charge on any atom is 0.0707 e. The second kappa shape index (κ2) is 10.4. The molecule has 2 aliphatic rings. The molecule has 0 aliphatic carbocycles. The van der Waals surface area contributed by atoms with E-state index in [1.807, 2.05) is 0 Å². The van der Waals surface area contributed by atoms with Gasteiger partial charge >= 0.3 is 0 Å². The molecule has 0 amide bonds. The fraction of sp³-hybridized carbons (Fsp3) is 0.520.